The lowest BCUT2D eigenvalue weighted by Crippen LogP contribution is -2.51. The van der Waals surface area contributed by atoms with Gasteiger partial charge >= 0.3 is 0 Å². The highest BCUT2D eigenvalue weighted by Crippen LogP contribution is 2.21. The SMILES string of the molecule is Cc1cc(C)c(NC(=O)CN(C)CC(=O)N2CCN(Cc3ccccc3F)CC2)c(C)c1. The zero-order valence-electron chi connectivity index (χ0n) is 19.4. The largest absolute Gasteiger partial charge is 0.339 e. The zero-order chi connectivity index (χ0) is 23.3. The number of piperazine rings is 1. The van der Waals surface area contributed by atoms with Crippen molar-refractivity contribution in [3.8, 4) is 0 Å². The molecule has 2 aromatic rings. The highest BCUT2D eigenvalue weighted by atomic mass is 19.1. The number of halogens is 1. The molecular formula is C25H33FN4O2. The summed E-state index contributed by atoms with van der Waals surface area (Å²) in [6.07, 6.45) is 0. The van der Waals surface area contributed by atoms with Crippen LogP contribution in [0.1, 0.15) is 22.3 Å². The number of hydrogen-bond acceptors (Lipinski definition) is 4. The number of amides is 2. The summed E-state index contributed by atoms with van der Waals surface area (Å²) in [5, 5.41) is 2.98. The first-order chi connectivity index (χ1) is 15.2. The fourth-order valence-corrected chi connectivity index (χ4v) is 4.21. The summed E-state index contributed by atoms with van der Waals surface area (Å²) in [5.41, 5.74) is 4.74. The molecule has 1 N–H and O–H groups in total. The van der Waals surface area contributed by atoms with Crippen LogP contribution in [0.5, 0.6) is 0 Å². The lowest BCUT2D eigenvalue weighted by molar-refractivity contribution is -0.134. The first kappa shape index (κ1) is 23.9. The molecule has 1 aliphatic rings. The molecule has 172 valence electrons. The maximum absolute atomic E-state index is 13.9. The van der Waals surface area contributed by atoms with Gasteiger partial charge in [-0.05, 0) is 45.0 Å². The highest BCUT2D eigenvalue weighted by molar-refractivity contribution is 5.94. The van der Waals surface area contributed by atoms with Crippen molar-refractivity contribution < 1.29 is 14.0 Å². The molecule has 0 spiro atoms. The van der Waals surface area contributed by atoms with Crippen LogP contribution in [0.4, 0.5) is 10.1 Å². The third-order valence-corrected chi connectivity index (χ3v) is 5.84. The van der Waals surface area contributed by atoms with Crippen molar-refractivity contribution >= 4 is 17.5 Å². The molecule has 6 nitrogen and oxygen atoms in total. The fraction of sp³-hybridized carbons (Fsp3) is 0.440. The molecule has 2 aromatic carbocycles. The molecular weight excluding hydrogens is 407 g/mol. The second-order valence-corrected chi connectivity index (χ2v) is 8.74. The van der Waals surface area contributed by atoms with E-state index in [1.165, 1.54) is 6.07 Å². The van der Waals surface area contributed by atoms with E-state index in [9.17, 15) is 14.0 Å². The van der Waals surface area contributed by atoms with Gasteiger partial charge in [0.15, 0.2) is 0 Å². The van der Waals surface area contributed by atoms with Crippen LogP contribution in [0.25, 0.3) is 0 Å². The van der Waals surface area contributed by atoms with Crippen molar-refractivity contribution in [3.05, 3.63) is 64.5 Å². The lowest BCUT2D eigenvalue weighted by atomic mass is 10.1. The summed E-state index contributed by atoms with van der Waals surface area (Å²) in [4.78, 5) is 30.9. The summed E-state index contributed by atoms with van der Waals surface area (Å²) in [7, 11) is 1.78. The summed E-state index contributed by atoms with van der Waals surface area (Å²) >= 11 is 0. The lowest BCUT2D eigenvalue weighted by Gasteiger charge is -2.35. The molecule has 1 saturated heterocycles. The molecule has 0 saturated carbocycles. The molecule has 0 aliphatic carbocycles. The van der Waals surface area contributed by atoms with Crippen LogP contribution in [0.15, 0.2) is 36.4 Å². The Morgan fingerprint density at radius 2 is 1.62 bits per heavy atom. The number of anilines is 1. The number of aryl methyl sites for hydroxylation is 3. The molecule has 7 heteroatoms. The Hall–Kier alpha value is -2.77. The minimum atomic E-state index is -0.193. The minimum absolute atomic E-state index is 0.00791. The first-order valence-electron chi connectivity index (χ1n) is 11.0. The Bertz CT molecular complexity index is 947. The summed E-state index contributed by atoms with van der Waals surface area (Å²) in [6, 6.07) is 10.9. The number of nitrogens with one attached hydrogen (secondary N) is 1. The van der Waals surface area contributed by atoms with E-state index in [4.69, 9.17) is 0 Å². The van der Waals surface area contributed by atoms with Gasteiger partial charge in [0.25, 0.3) is 0 Å². The molecule has 3 rings (SSSR count). The van der Waals surface area contributed by atoms with Crippen molar-refractivity contribution in [2.75, 3.05) is 51.6 Å². The van der Waals surface area contributed by atoms with Crippen LogP contribution in [0.3, 0.4) is 0 Å². The van der Waals surface area contributed by atoms with E-state index >= 15 is 0 Å². The minimum Gasteiger partial charge on any atom is -0.339 e. The molecule has 1 heterocycles. The van der Waals surface area contributed by atoms with Gasteiger partial charge in [0.05, 0.1) is 13.1 Å². The van der Waals surface area contributed by atoms with Crippen LogP contribution in [-0.4, -0.2) is 72.8 Å². The Balaban J connectivity index is 1.44. The summed E-state index contributed by atoms with van der Waals surface area (Å²) in [6.45, 7) is 9.50. The average molecular weight is 441 g/mol. The first-order valence-corrected chi connectivity index (χ1v) is 11.0. The molecule has 0 unspecified atom stereocenters. The van der Waals surface area contributed by atoms with Gasteiger partial charge in [-0.2, -0.15) is 0 Å². The zero-order valence-corrected chi connectivity index (χ0v) is 19.4. The maximum atomic E-state index is 13.9. The smallest absolute Gasteiger partial charge is 0.238 e. The number of hydrogen-bond donors (Lipinski definition) is 1. The van der Waals surface area contributed by atoms with Gasteiger partial charge in [0, 0.05) is 44.0 Å². The Morgan fingerprint density at radius 1 is 1.00 bits per heavy atom. The second-order valence-electron chi connectivity index (χ2n) is 8.74. The van der Waals surface area contributed by atoms with Crippen molar-refractivity contribution in [1.29, 1.82) is 0 Å². The van der Waals surface area contributed by atoms with E-state index in [1.807, 2.05) is 43.9 Å². The standard InChI is InChI=1S/C25H33FN4O2/c1-18-13-19(2)25(20(3)14-18)27-23(31)16-28(4)17-24(32)30-11-9-29(10-12-30)15-21-7-5-6-8-22(21)26/h5-8,13-14H,9-12,15-17H2,1-4H3,(H,27,31). The topological polar surface area (TPSA) is 55.9 Å². The number of rotatable bonds is 7. The molecule has 1 fully saturated rings. The third-order valence-electron chi connectivity index (χ3n) is 5.84. The summed E-state index contributed by atoms with van der Waals surface area (Å²) < 4.78 is 13.9. The Labute approximate surface area is 190 Å². The van der Waals surface area contributed by atoms with Gasteiger partial charge in [0.1, 0.15) is 5.82 Å². The van der Waals surface area contributed by atoms with Crippen LogP contribution in [-0.2, 0) is 16.1 Å². The Morgan fingerprint density at radius 3 is 2.25 bits per heavy atom. The monoisotopic (exact) mass is 440 g/mol. The van der Waals surface area contributed by atoms with E-state index in [0.717, 1.165) is 22.4 Å². The van der Waals surface area contributed by atoms with Gasteiger partial charge in [-0.3, -0.25) is 19.4 Å². The van der Waals surface area contributed by atoms with Gasteiger partial charge < -0.3 is 10.2 Å². The fourth-order valence-electron chi connectivity index (χ4n) is 4.21. The number of carbonyl (C=O) groups is 2. The van der Waals surface area contributed by atoms with Crippen molar-refractivity contribution in [2.24, 2.45) is 0 Å². The van der Waals surface area contributed by atoms with Crippen LogP contribution in [0, 0.1) is 26.6 Å². The number of benzene rings is 2. The number of nitrogens with zero attached hydrogens (tertiary/aromatic N) is 3. The van der Waals surface area contributed by atoms with Crippen LogP contribution in [0.2, 0.25) is 0 Å². The van der Waals surface area contributed by atoms with Gasteiger partial charge in [-0.15, -0.1) is 0 Å². The molecule has 0 bridgehead atoms. The van der Waals surface area contributed by atoms with Crippen LogP contribution >= 0.6 is 0 Å². The van der Waals surface area contributed by atoms with E-state index in [0.29, 0.717) is 38.3 Å². The van der Waals surface area contributed by atoms with Crippen molar-refractivity contribution in [3.63, 3.8) is 0 Å². The molecule has 1 aliphatic heterocycles. The average Bonchev–Trinajstić information content (AvgIpc) is 2.72. The number of likely N-dealkylation sites (N-methyl/N-ethyl adjacent to an activating group) is 1. The molecule has 0 atom stereocenters. The molecule has 0 radical (unpaired) electrons. The summed E-state index contributed by atoms with van der Waals surface area (Å²) in [5.74, 6) is -0.319. The highest BCUT2D eigenvalue weighted by Gasteiger charge is 2.23. The normalized spacial score (nSPS) is 14.6. The predicted molar refractivity (Wildman–Crippen MR) is 125 cm³/mol. The second kappa shape index (κ2) is 10.7. The molecule has 32 heavy (non-hydrogen) atoms. The van der Waals surface area contributed by atoms with E-state index in [-0.39, 0.29) is 30.7 Å². The van der Waals surface area contributed by atoms with Crippen molar-refractivity contribution in [2.45, 2.75) is 27.3 Å². The molecule has 0 aromatic heterocycles. The van der Waals surface area contributed by atoms with E-state index in [2.05, 4.69) is 10.2 Å². The number of carbonyl (C=O) groups excluding carboxylic acids is 2. The van der Waals surface area contributed by atoms with Gasteiger partial charge in [0.2, 0.25) is 11.8 Å². The quantitative estimate of drug-likeness (QED) is 0.719. The molecule has 2 amide bonds. The van der Waals surface area contributed by atoms with Gasteiger partial charge in [-0.25, -0.2) is 4.39 Å². The third kappa shape index (κ3) is 6.37. The predicted octanol–water partition coefficient (Wildman–Crippen LogP) is 2.97. The maximum Gasteiger partial charge on any atom is 0.238 e. The van der Waals surface area contributed by atoms with E-state index < -0.39 is 0 Å². The van der Waals surface area contributed by atoms with E-state index in [1.54, 1.807) is 24.1 Å². The van der Waals surface area contributed by atoms with Gasteiger partial charge in [-0.1, -0.05) is 35.9 Å². The van der Waals surface area contributed by atoms with Crippen molar-refractivity contribution in [1.82, 2.24) is 14.7 Å². The van der Waals surface area contributed by atoms with Crippen LogP contribution < -0.4 is 5.32 Å². The Kier molecular flexibility index (Phi) is 7.99.